The number of benzene rings is 1. The quantitative estimate of drug-likeness (QED) is 0.597. The van der Waals surface area contributed by atoms with E-state index < -0.39 is 20.2 Å². The fourth-order valence-electron chi connectivity index (χ4n) is 1.76. The maximum Gasteiger partial charge on any atom is 0.395 e. The highest BCUT2D eigenvalue weighted by Gasteiger charge is 2.23. The summed E-state index contributed by atoms with van der Waals surface area (Å²) in [4.78, 5) is 23.4. The molecule has 0 radical (unpaired) electrons. The lowest BCUT2D eigenvalue weighted by atomic mass is 9.86. The Morgan fingerprint density at radius 1 is 1.45 bits per heavy atom. The molecule has 1 aliphatic carbocycles. The molecule has 1 aromatic carbocycles. The van der Waals surface area contributed by atoms with E-state index in [1.807, 2.05) is 6.07 Å². The summed E-state index contributed by atoms with van der Waals surface area (Å²) in [5.74, 6) is 0.504. The van der Waals surface area contributed by atoms with Gasteiger partial charge in [-0.25, -0.2) is 4.79 Å². The molecule has 0 heterocycles. The molecule has 1 fully saturated rings. The standard InChI is InChI=1S/C14H18NO4P/c1-11(14(16)18-10-12-6-5-7-12)15-20(17)19-13-8-3-2-4-9-13/h2-4,8-9,11-12H,5-7,10H2,1H3/t11-/m0/s1. The average molecular weight is 295 g/mol. The number of ether oxygens (including phenoxy) is 1. The van der Waals surface area contributed by atoms with Crippen molar-refractivity contribution in [1.82, 2.24) is 0 Å². The second-order valence-corrected chi connectivity index (χ2v) is 5.75. The van der Waals surface area contributed by atoms with Crippen LogP contribution in [-0.2, 0) is 9.53 Å². The first-order valence-electron chi connectivity index (χ1n) is 6.73. The third-order valence-electron chi connectivity index (χ3n) is 3.22. The van der Waals surface area contributed by atoms with Crippen LogP contribution >= 0.6 is 8.17 Å². The second kappa shape index (κ2) is 7.36. The molecule has 2 rings (SSSR count). The normalized spacial score (nSPS) is 17.2. The Kier molecular flexibility index (Phi) is 5.50. The second-order valence-electron chi connectivity index (χ2n) is 4.86. The van der Waals surface area contributed by atoms with Crippen LogP contribution in [0, 0.1) is 5.92 Å². The first-order valence-corrected chi connectivity index (χ1v) is 7.86. The smallest absolute Gasteiger partial charge is 0.395 e. The zero-order chi connectivity index (χ0) is 14.4. The van der Waals surface area contributed by atoms with E-state index in [1.165, 1.54) is 6.42 Å². The molecule has 0 aromatic heterocycles. The summed E-state index contributed by atoms with van der Waals surface area (Å²) in [6, 6.07) is 7.97. The summed E-state index contributed by atoms with van der Waals surface area (Å²) in [6.07, 6.45) is 3.44. The van der Waals surface area contributed by atoms with Crippen LogP contribution in [0.5, 0.6) is 5.75 Å². The van der Waals surface area contributed by atoms with Crippen LogP contribution in [0.2, 0.25) is 0 Å². The Balaban J connectivity index is 1.79. The molecule has 0 N–H and O–H groups in total. The van der Waals surface area contributed by atoms with Crippen LogP contribution < -0.4 is 9.42 Å². The molecule has 1 aliphatic rings. The Hall–Kier alpha value is -1.45. The highest BCUT2D eigenvalue weighted by Crippen LogP contribution is 2.27. The van der Waals surface area contributed by atoms with Crippen LogP contribution in [0.25, 0.3) is 0 Å². The average Bonchev–Trinajstić information content (AvgIpc) is 2.37. The van der Waals surface area contributed by atoms with Gasteiger partial charge in [0.15, 0.2) is 11.8 Å². The molecule has 20 heavy (non-hydrogen) atoms. The molecule has 1 unspecified atom stereocenters. The van der Waals surface area contributed by atoms with Gasteiger partial charge in [0.25, 0.3) is 0 Å². The SMILES string of the molecule is C[C@H](N=[P+]([O-])Oc1ccccc1)C(=O)OCC1CCC1. The van der Waals surface area contributed by atoms with Crippen molar-refractivity contribution < 1.29 is 18.9 Å². The van der Waals surface area contributed by atoms with Crippen LogP contribution in [0.15, 0.2) is 35.1 Å². The molecule has 0 aliphatic heterocycles. The fourth-order valence-corrected chi connectivity index (χ4v) is 2.49. The van der Waals surface area contributed by atoms with Gasteiger partial charge in [0.2, 0.25) is 0 Å². The summed E-state index contributed by atoms with van der Waals surface area (Å²) < 4.78 is 14.1. The van der Waals surface area contributed by atoms with Crippen LogP contribution in [0.4, 0.5) is 0 Å². The first kappa shape index (κ1) is 14.9. The maximum absolute atomic E-state index is 11.7. The van der Waals surface area contributed by atoms with Gasteiger partial charge < -0.3 is 9.63 Å². The Labute approximate surface area is 119 Å². The number of carbonyl (C=O) groups is 1. The lowest BCUT2D eigenvalue weighted by Crippen LogP contribution is -2.24. The molecule has 0 spiro atoms. The largest absolute Gasteiger partial charge is 0.575 e. The van der Waals surface area contributed by atoms with Crippen molar-refractivity contribution in [2.45, 2.75) is 32.2 Å². The number of esters is 1. The van der Waals surface area contributed by atoms with Crippen molar-refractivity contribution in [2.24, 2.45) is 10.7 Å². The number of para-hydroxylation sites is 1. The van der Waals surface area contributed by atoms with E-state index in [-0.39, 0.29) is 0 Å². The molecule has 0 saturated heterocycles. The summed E-state index contributed by atoms with van der Waals surface area (Å²) in [5, 5.41) is 0. The topological polar surface area (TPSA) is 71.0 Å². The third-order valence-corrected chi connectivity index (χ3v) is 4.12. The molecule has 2 atom stereocenters. The van der Waals surface area contributed by atoms with Crippen molar-refractivity contribution in [2.75, 3.05) is 6.61 Å². The molecule has 108 valence electrons. The fraction of sp³-hybridized carbons (Fsp3) is 0.500. The van der Waals surface area contributed by atoms with Crippen LogP contribution in [0.3, 0.4) is 0 Å². The Bertz CT molecular complexity index is 473. The van der Waals surface area contributed by atoms with Crippen LogP contribution in [0.1, 0.15) is 26.2 Å². The van der Waals surface area contributed by atoms with E-state index in [4.69, 9.17) is 9.26 Å². The molecule has 1 saturated carbocycles. The molecular weight excluding hydrogens is 277 g/mol. The van der Waals surface area contributed by atoms with Gasteiger partial charge in [-0.2, -0.15) is 0 Å². The highest BCUT2D eigenvalue weighted by molar-refractivity contribution is 7.34. The summed E-state index contributed by atoms with van der Waals surface area (Å²) >= 11 is 0. The minimum Gasteiger partial charge on any atom is -0.575 e. The minimum absolute atomic E-state index is 0.440. The molecule has 6 heteroatoms. The van der Waals surface area contributed by atoms with Crippen molar-refractivity contribution in [1.29, 1.82) is 0 Å². The van der Waals surface area contributed by atoms with Gasteiger partial charge in [0.1, 0.15) is 0 Å². The van der Waals surface area contributed by atoms with Gasteiger partial charge in [-0.15, -0.1) is 0 Å². The molecule has 0 amide bonds. The summed E-state index contributed by atoms with van der Waals surface area (Å²) in [5.41, 5.74) is 0. The van der Waals surface area contributed by atoms with E-state index >= 15 is 0 Å². The minimum atomic E-state index is -2.27. The number of nitrogens with zero attached hydrogens (tertiary/aromatic N) is 1. The van der Waals surface area contributed by atoms with Gasteiger partial charge in [0, 0.05) is 0 Å². The summed E-state index contributed by atoms with van der Waals surface area (Å²) in [7, 11) is -2.27. The van der Waals surface area contributed by atoms with Gasteiger partial charge >= 0.3 is 14.1 Å². The van der Waals surface area contributed by atoms with Crippen LogP contribution in [-0.4, -0.2) is 18.6 Å². The van der Waals surface area contributed by atoms with Crippen molar-refractivity contribution in [3.05, 3.63) is 30.3 Å². The Morgan fingerprint density at radius 3 is 2.75 bits per heavy atom. The van der Waals surface area contributed by atoms with Gasteiger partial charge in [-0.1, -0.05) is 29.4 Å². The Morgan fingerprint density at radius 2 is 2.15 bits per heavy atom. The van der Waals surface area contributed by atoms with Gasteiger partial charge in [0.05, 0.1) is 6.61 Å². The molecule has 5 nitrogen and oxygen atoms in total. The van der Waals surface area contributed by atoms with E-state index in [1.54, 1.807) is 31.2 Å². The summed E-state index contributed by atoms with van der Waals surface area (Å²) in [6.45, 7) is 2.00. The van der Waals surface area contributed by atoms with Gasteiger partial charge in [-0.05, 0) is 37.8 Å². The molecule has 1 aromatic rings. The zero-order valence-corrected chi connectivity index (χ0v) is 12.3. The van der Waals surface area contributed by atoms with E-state index in [9.17, 15) is 9.69 Å². The maximum atomic E-state index is 11.7. The third kappa shape index (κ3) is 4.58. The number of carbonyl (C=O) groups excluding carboxylic acids is 1. The van der Waals surface area contributed by atoms with Crippen molar-refractivity contribution in [3.8, 4) is 5.75 Å². The van der Waals surface area contributed by atoms with E-state index in [0.717, 1.165) is 12.8 Å². The first-order chi connectivity index (χ1) is 9.65. The highest BCUT2D eigenvalue weighted by atomic mass is 31.1. The lowest BCUT2D eigenvalue weighted by molar-refractivity contribution is -0.169. The number of rotatable bonds is 6. The predicted octanol–water partition coefficient (Wildman–Crippen LogP) is 2.65. The lowest BCUT2D eigenvalue weighted by Gasteiger charge is -2.24. The van der Waals surface area contributed by atoms with E-state index in [0.29, 0.717) is 18.3 Å². The monoisotopic (exact) mass is 295 g/mol. The number of hydrogen-bond donors (Lipinski definition) is 0. The van der Waals surface area contributed by atoms with Crippen molar-refractivity contribution in [3.63, 3.8) is 0 Å². The zero-order valence-electron chi connectivity index (χ0n) is 11.4. The van der Waals surface area contributed by atoms with E-state index in [2.05, 4.69) is 4.74 Å². The number of hydrogen-bond acceptors (Lipinski definition) is 5. The molecular formula is C14H18NO4P. The molecule has 0 bridgehead atoms. The van der Waals surface area contributed by atoms with Gasteiger partial charge in [-0.3, -0.25) is 4.52 Å². The van der Waals surface area contributed by atoms with Crippen molar-refractivity contribution >= 4 is 14.1 Å². The predicted molar refractivity (Wildman–Crippen MR) is 74.2 cm³/mol.